The number of ether oxygens (including phenoxy) is 3. The number of rotatable bonds is 8. The van der Waals surface area contributed by atoms with Crippen LogP contribution in [0.5, 0.6) is 5.75 Å². The van der Waals surface area contributed by atoms with Crippen molar-refractivity contribution in [1.29, 1.82) is 0 Å². The Morgan fingerprint density at radius 2 is 1.75 bits per heavy atom. The van der Waals surface area contributed by atoms with E-state index in [0.29, 0.717) is 18.4 Å². The molecule has 1 unspecified atom stereocenters. The predicted molar refractivity (Wildman–Crippen MR) is 100 cm³/mol. The highest BCUT2D eigenvalue weighted by Gasteiger charge is 2.05. The average molecular weight is 345 g/mol. The van der Waals surface area contributed by atoms with E-state index >= 15 is 0 Å². The van der Waals surface area contributed by atoms with Gasteiger partial charge in [0.15, 0.2) is 6.29 Å². The van der Waals surface area contributed by atoms with E-state index in [1.807, 2.05) is 49.4 Å². The maximum atomic E-state index is 5.69. The molecule has 24 heavy (non-hydrogen) atoms. The van der Waals surface area contributed by atoms with Gasteiger partial charge in [0, 0.05) is 5.69 Å². The van der Waals surface area contributed by atoms with Crippen LogP contribution in [0.2, 0.25) is 0 Å². The van der Waals surface area contributed by atoms with Crippen LogP contribution in [0.1, 0.15) is 19.4 Å². The summed E-state index contributed by atoms with van der Waals surface area (Å²) in [6.07, 6.45) is 0.664. The molecule has 1 N–H and O–H groups in total. The molecule has 4 nitrogen and oxygen atoms in total. The number of anilines is 1. The molecule has 2 rings (SSSR count). The SMILES string of the molecule is CCc1ccc(OC(C)OCCOC(=S)Nc2ccccc2)cc1. The molecule has 0 radical (unpaired) electrons. The first-order valence-corrected chi connectivity index (χ1v) is 8.44. The van der Waals surface area contributed by atoms with Crippen molar-refractivity contribution in [2.24, 2.45) is 0 Å². The molecule has 0 bridgehead atoms. The lowest BCUT2D eigenvalue weighted by atomic mass is 10.2. The zero-order valence-electron chi connectivity index (χ0n) is 14.0. The van der Waals surface area contributed by atoms with Crippen LogP contribution in [0.15, 0.2) is 54.6 Å². The highest BCUT2D eigenvalue weighted by Crippen LogP contribution is 2.14. The summed E-state index contributed by atoms with van der Waals surface area (Å²) in [5.41, 5.74) is 2.18. The van der Waals surface area contributed by atoms with Crippen LogP contribution in [0.25, 0.3) is 0 Å². The van der Waals surface area contributed by atoms with Gasteiger partial charge in [-0.05, 0) is 55.4 Å². The lowest BCUT2D eigenvalue weighted by Crippen LogP contribution is -2.21. The first-order chi connectivity index (χ1) is 11.7. The molecule has 0 aliphatic carbocycles. The Labute approximate surface area is 148 Å². The van der Waals surface area contributed by atoms with Crippen molar-refractivity contribution >= 4 is 23.1 Å². The van der Waals surface area contributed by atoms with E-state index in [0.717, 1.165) is 17.9 Å². The molecule has 0 spiro atoms. The van der Waals surface area contributed by atoms with Crippen molar-refractivity contribution in [2.45, 2.75) is 26.6 Å². The Morgan fingerprint density at radius 1 is 1.04 bits per heavy atom. The molecule has 128 valence electrons. The molecule has 2 aromatic carbocycles. The summed E-state index contributed by atoms with van der Waals surface area (Å²) in [6, 6.07) is 17.7. The van der Waals surface area contributed by atoms with Crippen LogP contribution in [0.3, 0.4) is 0 Å². The van der Waals surface area contributed by atoms with Crippen LogP contribution < -0.4 is 10.1 Å². The lowest BCUT2D eigenvalue weighted by molar-refractivity contribution is -0.0746. The third-order valence-corrected chi connectivity index (χ3v) is 3.54. The number of para-hydroxylation sites is 1. The van der Waals surface area contributed by atoms with Gasteiger partial charge >= 0.3 is 0 Å². The Morgan fingerprint density at radius 3 is 2.42 bits per heavy atom. The molecule has 0 amide bonds. The average Bonchev–Trinajstić information content (AvgIpc) is 2.60. The van der Waals surface area contributed by atoms with Gasteiger partial charge < -0.3 is 19.5 Å². The highest BCUT2D eigenvalue weighted by molar-refractivity contribution is 7.80. The normalized spacial score (nSPS) is 11.6. The van der Waals surface area contributed by atoms with Gasteiger partial charge in [-0.25, -0.2) is 0 Å². The fourth-order valence-corrected chi connectivity index (χ4v) is 2.25. The van der Waals surface area contributed by atoms with E-state index in [1.54, 1.807) is 0 Å². The molecule has 2 aromatic rings. The molecule has 0 aliphatic rings. The first-order valence-electron chi connectivity index (χ1n) is 8.03. The number of thiocarbonyl (C=S) groups is 1. The summed E-state index contributed by atoms with van der Waals surface area (Å²) in [7, 11) is 0. The molecule has 0 saturated carbocycles. The van der Waals surface area contributed by atoms with Gasteiger partial charge in [0.25, 0.3) is 5.17 Å². The van der Waals surface area contributed by atoms with Crippen molar-refractivity contribution in [3.63, 3.8) is 0 Å². The van der Waals surface area contributed by atoms with E-state index in [-0.39, 0.29) is 6.29 Å². The Kier molecular flexibility index (Phi) is 7.52. The maximum Gasteiger partial charge on any atom is 0.261 e. The molecule has 0 heterocycles. The van der Waals surface area contributed by atoms with Crippen molar-refractivity contribution < 1.29 is 14.2 Å². The van der Waals surface area contributed by atoms with E-state index in [4.69, 9.17) is 26.4 Å². The number of hydrogen-bond acceptors (Lipinski definition) is 4. The summed E-state index contributed by atoms with van der Waals surface area (Å²) in [6.45, 7) is 4.74. The number of aryl methyl sites for hydroxylation is 1. The topological polar surface area (TPSA) is 39.7 Å². The maximum absolute atomic E-state index is 5.69. The number of benzene rings is 2. The zero-order chi connectivity index (χ0) is 17.2. The van der Waals surface area contributed by atoms with Crippen molar-refractivity contribution in [2.75, 3.05) is 18.5 Å². The van der Waals surface area contributed by atoms with Crippen LogP contribution in [-0.2, 0) is 15.9 Å². The molecule has 0 aromatic heterocycles. The minimum absolute atomic E-state index is 0.327. The largest absolute Gasteiger partial charge is 0.468 e. The summed E-state index contributed by atoms with van der Waals surface area (Å²) < 4.78 is 16.7. The third kappa shape index (κ3) is 6.56. The van der Waals surface area contributed by atoms with Gasteiger partial charge in [0.05, 0.1) is 6.61 Å². The molecule has 1 atom stereocenters. The minimum Gasteiger partial charge on any atom is -0.468 e. The summed E-state index contributed by atoms with van der Waals surface area (Å²) in [5.74, 6) is 0.793. The number of nitrogens with one attached hydrogen (secondary N) is 1. The highest BCUT2D eigenvalue weighted by atomic mass is 32.1. The number of hydrogen-bond donors (Lipinski definition) is 1. The molecular weight excluding hydrogens is 322 g/mol. The van der Waals surface area contributed by atoms with Crippen LogP contribution in [-0.4, -0.2) is 24.7 Å². The van der Waals surface area contributed by atoms with Crippen molar-refractivity contribution in [3.05, 3.63) is 60.2 Å². The summed E-state index contributed by atoms with van der Waals surface area (Å²) >= 11 is 5.12. The second kappa shape index (κ2) is 9.90. The fourth-order valence-electron chi connectivity index (χ4n) is 2.05. The van der Waals surface area contributed by atoms with Gasteiger partial charge in [0.1, 0.15) is 12.4 Å². The van der Waals surface area contributed by atoms with Gasteiger partial charge in [0.2, 0.25) is 0 Å². The minimum atomic E-state index is -0.350. The predicted octanol–water partition coefficient (Wildman–Crippen LogP) is 4.40. The monoisotopic (exact) mass is 345 g/mol. The Balaban J connectivity index is 1.61. The van der Waals surface area contributed by atoms with Gasteiger partial charge in [-0.2, -0.15) is 0 Å². The Hall–Kier alpha value is -2.11. The quantitative estimate of drug-likeness (QED) is 0.436. The molecule has 0 aliphatic heterocycles. The standard InChI is InChI=1S/C19H23NO3S/c1-3-16-9-11-18(12-10-16)23-15(2)21-13-14-22-19(24)20-17-7-5-4-6-8-17/h4-12,15H,3,13-14H2,1-2H3,(H,20,24). The third-order valence-electron chi connectivity index (χ3n) is 3.32. The van der Waals surface area contributed by atoms with Gasteiger partial charge in [-0.15, -0.1) is 0 Å². The summed E-state index contributed by atoms with van der Waals surface area (Å²) in [5, 5.41) is 3.33. The van der Waals surface area contributed by atoms with Crippen LogP contribution in [0, 0.1) is 0 Å². The van der Waals surface area contributed by atoms with Gasteiger partial charge in [-0.3, -0.25) is 0 Å². The molecule has 5 heteroatoms. The smallest absolute Gasteiger partial charge is 0.261 e. The van der Waals surface area contributed by atoms with E-state index < -0.39 is 0 Å². The molecule has 0 fully saturated rings. The second-order valence-electron chi connectivity index (χ2n) is 5.18. The van der Waals surface area contributed by atoms with Crippen LogP contribution in [0.4, 0.5) is 5.69 Å². The van der Waals surface area contributed by atoms with E-state index in [1.165, 1.54) is 5.56 Å². The lowest BCUT2D eigenvalue weighted by Gasteiger charge is -2.16. The van der Waals surface area contributed by atoms with Gasteiger partial charge in [-0.1, -0.05) is 37.3 Å². The van der Waals surface area contributed by atoms with Crippen molar-refractivity contribution in [3.8, 4) is 5.75 Å². The summed E-state index contributed by atoms with van der Waals surface area (Å²) in [4.78, 5) is 0. The fraction of sp³-hybridized carbons (Fsp3) is 0.316. The van der Waals surface area contributed by atoms with E-state index in [2.05, 4.69) is 24.4 Å². The first kappa shape index (κ1) is 18.2. The Bertz CT molecular complexity index is 616. The second-order valence-corrected chi connectivity index (χ2v) is 5.55. The van der Waals surface area contributed by atoms with Crippen molar-refractivity contribution in [1.82, 2.24) is 0 Å². The molecule has 0 saturated heterocycles. The zero-order valence-corrected chi connectivity index (χ0v) is 14.8. The van der Waals surface area contributed by atoms with Crippen LogP contribution >= 0.6 is 12.2 Å². The van der Waals surface area contributed by atoms with E-state index in [9.17, 15) is 0 Å². The molecular formula is C19H23NO3S.